The molecule has 4 aromatic rings. The Morgan fingerprint density at radius 2 is 2.00 bits per heavy atom. The summed E-state index contributed by atoms with van der Waals surface area (Å²) >= 11 is 0. The molecular formula is C28H30N6O3. The summed E-state index contributed by atoms with van der Waals surface area (Å²) < 4.78 is 14.7. The Bertz CT molecular complexity index is 1560. The minimum Gasteiger partial charge on any atom is -0.496 e. The van der Waals surface area contributed by atoms with Crippen molar-refractivity contribution in [3.05, 3.63) is 53.3 Å². The number of ether oxygens (including phenoxy) is 2. The zero-order valence-corrected chi connectivity index (χ0v) is 21.8. The van der Waals surface area contributed by atoms with Crippen LogP contribution in [0, 0.1) is 11.3 Å². The first-order valence-corrected chi connectivity index (χ1v) is 12.3. The van der Waals surface area contributed by atoms with Crippen LogP contribution in [0.5, 0.6) is 5.75 Å². The molecule has 0 bridgehead atoms. The molecule has 5 rings (SSSR count). The minimum absolute atomic E-state index is 0.142. The standard InChI is InChI=1S/C28H30N6O3/c1-6-37-8-7-34-15-20(14-31-34)17-9-19(13-29)24-22(11-17)32-33(4)26(24)18-10-21-25(23(12-18)36-5)27(35)30-16-28(21,2)3/h9-12,14-15H,6-8,16H2,1-5H3,(H,30,35). The van der Waals surface area contributed by atoms with Gasteiger partial charge in [0, 0.05) is 48.3 Å². The Morgan fingerprint density at radius 3 is 2.73 bits per heavy atom. The lowest BCUT2D eigenvalue weighted by molar-refractivity contribution is 0.0926. The van der Waals surface area contributed by atoms with E-state index in [0.717, 1.165) is 33.3 Å². The maximum absolute atomic E-state index is 12.7. The summed E-state index contributed by atoms with van der Waals surface area (Å²) in [5.74, 6) is 0.360. The maximum Gasteiger partial charge on any atom is 0.255 e. The second-order valence-corrected chi connectivity index (χ2v) is 9.86. The summed E-state index contributed by atoms with van der Waals surface area (Å²) in [6, 6.07) is 10.1. The summed E-state index contributed by atoms with van der Waals surface area (Å²) in [6.07, 6.45) is 3.74. The number of nitriles is 1. The zero-order chi connectivity index (χ0) is 26.3. The number of carbonyl (C=O) groups is 1. The Labute approximate surface area is 215 Å². The molecule has 1 aliphatic rings. The minimum atomic E-state index is -0.283. The van der Waals surface area contributed by atoms with Gasteiger partial charge in [0.2, 0.25) is 0 Å². The van der Waals surface area contributed by atoms with Crippen LogP contribution in [0.1, 0.15) is 42.3 Å². The summed E-state index contributed by atoms with van der Waals surface area (Å²) in [4.78, 5) is 12.7. The van der Waals surface area contributed by atoms with Gasteiger partial charge in [-0.2, -0.15) is 15.5 Å². The molecule has 1 aliphatic heterocycles. The molecule has 0 unspecified atom stereocenters. The van der Waals surface area contributed by atoms with E-state index in [1.54, 1.807) is 18.0 Å². The van der Waals surface area contributed by atoms with Crippen LogP contribution < -0.4 is 10.1 Å². The van der Waals surface area contributed by atoms with Crippen molar-refractivity contribution >= 4 is 16.8 Å². The number of hydrogen-bond donors (Lipinski definition) is 1. The molecule has 0 fully saturated rings. The van der Waals surface area contributed by atoms with Crippen molar-refractivity contribution in [2.45, 2.75) is 32.7 Å². The van der Waals surface area contributed by atoms with Gasteiger partial charge in [-0.3, -0.25) is 14.2 Å². The number of amides is 1. The van der Waals surface area contributed by atoms with Crippen molar-refractivity contribution in [1.82, 2.24) is 24.9 Å². The molecule has 37 heavy (non-hydrogen) atoms. The van der Waals surface area contributed by atoms with Gasteiger partial charge in [0.05, 0.1) is 54.9 Å². The number of nitrogens with one attached hydrogen (secondary N) is 1. The largest absolute Gasteiger partial charge is 0.496 e. The molecule has 2 aromatic carbocycles. The molecule has 190 valence electrons. The second-order valence-electron chi connectivity index (χ2n) is 9.86. The monoisotopic (exact) mass is 498 g/mol. The third-order valence-electron chi connectivity index (χ3n) is 6.93. The van der Waals surface area contributed by atoms with Gasteiger partial charge in [0.15, 0.2) is 0 Å². The summed E-state index contributed by atoms with van der Waals surface area (Å²) in [6.45, 7) is 8.60. The first-order chi connectivity index (χ1) is 17.8. The number of rotatable bonds is 7. The molecule has 1 amide bonds. The summed E-state index contributed by atoms with van der Waals surface area (Å²) in [5, 5.41) is 23.1. The van der Waals surface area contributed by atoms with Gasteiger partial charge in [-0.1, -0.05) is 13.8 Å². The number of carbonyl (C=O) groups excluding carboxylic acids is 1. The van der Waals surface area contributed by atoms with Gasteiger partial charge in [-0.25, -0.2) is 0 Å². The molecule has 0 saturated carbocycles. The zero-order valence-electron chi connectivity index (χ0n) is 21.8. The molecule has 0 spiro atoms. The lowest BCUT2D eigenvalue weighted by Gasteiger charge is -2.33. The van der Waals surface area contributed by atoms with Gasteiger partial charge in [-0.05, 0) is 42.3 Å². The summed E-state index contributed by atoms with van der Waals surface area (Å²) in [7, 11) is 3.43. The Balaban J connectivity index is 1.65. The molecule has 0 atom stereocenters. The van der Waals surface area contributed by atoms with Crippen LogP contribution in [0.2, 0.25) is 0 Å². The molecule has 3 heterocycles. The lowest BCUT2D eigenvalue weighted by atomic mass is 9.77. The average molecular weight is 499 g/mol. The fraction of sp³-hybridized carbons (Fsp3) is 0.357. The number of aromatic nitrogens is 4. The van der Waals surface area contributed by atoms with E-state index in [-0.39, 0.29) is 11.3 Å². The predicted octanol–water partition coefficient (Wildman–Crippen LogP) is 4.04. The number of hydrogen-bond acceptors (Lipinski definition) is 6. The van der Waals surface area contributed by atoms with Gasteiger partial charge >= 0.3 is 0 Å². The number of methoxy groups -OCH3 is 1. The number of fused-ring (bicyclic) bond motifs is 2. The van der Waals surface area contributed by atoms with Crippen molar-refractivity contribution in [2.75, 3.05) is 26.9 Å². The van der Waals surface area contributed by atoms with Gasteiger partial charge in [0.25, 0.3) is 5.91 Å². The van der Waals surface area contributed by atoms with Crippen LogP contribution in [0.3, 0.4) is 0 Å². The molecule has 1 N–H and O–H groups in total. The van der Waals surface area contributed by atoms with Crippen LogP contribution >= 0.6 is 0 Å². The average Bonchev–Trinajstić information content (AvgIpc) is 3.49. The van der Waals surface area contributed by atoms with E-state index in [4.69, 9.17) is 14.6 Å². The molecule has 2 aromatic heterocycles. The summed E-state index contributed by atoms with van der Waals surface area (Å²) in [5.41, 5.74) is 5.84. The normalized spacial score (nSPS) is 14.3. The second kappa shape index (κ2) is 9.37. The highest BCUT2D eigenvalue weighted by molar-refractivity contribution is 6.03. The van der Waals surface area contributed by atoms with Crippen molar-refractivity contribution in [3.63, 3.8) is 0 Å². The highest BCUT2D eigenvalue weighted by atomic mass is 16.5. The van der Waals surface area contributed by atoms with E-state index in [1.807, 2.05) is 49.1 Å². The van der Waals surface area contributed by atoms with Crippen LogP contribution in [0.4, 0.5) is 0 Å². The Hall–Kier alpha value is -4.16. The quantitative estimate of drug-likeness (QED) is 0.386. The topological polar surface area (TPSA) is 107 Å². The van der Waals surface area contributed by atoms with E-state index in [0.29, 0.717) is 48.7 Å². The smallest absolute Gasteiger partial charge is 0.255 e. The molecule has 9 nitrogen and oxygen atoms in total. The molecule has 0 aliphatic carbocycles. The van der Waals surface area contributed by atoms with Crippen LogP contribution in [-0.4, -0.2) is 52.3 Å². The van der Waals surface area contributed by atoms with Crippen molar-refractivity contribution in [2.24, 2.45) is 7.05 Å². The van der Waals surface area contributed by atoms with Crippen molar-refractivity contribution < 1.29 is 14.3 Å². The fourth-order valence-electron chi connectivity index (χ4n) is 5.02. The van der Waals surface area contributed by atoms with E-state index in [9.17, 15) is 10.1 Å². The van der Waals surface area contributed by atoms with E-state index >= 15 is 0 Å². The maximum atomic E-state index is 12.7. The Morgan fingerprint density at radius 1 is 1.19 bits per heavy atom. The number of benzene rings is 2. The third kappa shape index (κ3) is 4.23. The van der Waals surface area contributed by atoms with E-state index < -0.39 is 0 Å². The first-order valence-electron chi connectivity index (χ1n) is 12.3. The highest BCUT2D eigenvalue weighted by Crippen LogP contribution is 2.41. The van der Waals surface area contributed by atoms with Crippen molar-refractivity contribution in [1.29, 1.82) is 5.26 Å². The first kappa shape index (κ1) is 24.5. The number of nitrogens with zero attached hydrogens (tertiary/aromatic N) is 5. The van der Waals surface area contributed by atoms with Crippen LogP contribution in [0.25, 0.3) is 33.3 Å². The van der Waals surface area contributed by atoms with Crippen LogP contribution in [0.15, 0.2) is 36.7 Å². The highest BCUT2D eigenvalue weighted by Gasteiger charge is 2.35. The molecule has 0 saturated heterocycles. The fourth-order valence-corrected chi connectivity index (χ4v) is 5.02. The third-order valence-corrected chi connectivity index (χ3v) is 6.93. The van der Waals surface area contributed by atoms with Gasteiger partial charge in [-0.15, -0.1) is 0 Å². The SMILES string of the molecule is CCOCCn1cc(-c2cc(C#N)c3c(-c4cc(OC)c5c(c4)C(C)(C)CNC5=O)n(C)nc3c2)cn1. The molecular weight excluding hydrogens is 468 g/mol. The molecule has 9 heteroatoms. The van der Waals surface area contributed by atoms with E-state index in [1.165, 1.54) is 0 Å². The van der Waals surface area contributed by atoms with Crippen molar-refractivity contribution in [3.8, 4) is 34.2 Å². The predicted molar refractivity (Wildman–Crippen MR) is 140 cm³/mol. The lowest BCUT2D eigenvalue weighted by Crippen LogP contribution is -2.43. The molecule has 0 radical (unpaired) electrons. The Kier molecular flexibility index (Phi) is 6.21. The van der Waals surface area contributed by atoms with Gasteiger partial charge in [0.1, 0.15) is 5.75 Å². The van der Waals surface area contributed by atoms with E-state index in [2.05, 4.69) is 30.3 Å². The number of aryl methyl sites for hydroxylation is 1. The van der Waals surface area contributed by atoms with Crippen LogP contribution in [-0.2, 0) is 23.7 Å². The van der Waals surface area contributed by atoms with Gasteiger partial charge < -0.3 is 14.8 Å².